The topological polar surface area (TPSA) is 158 Å². The lowest BCUT2D eigenvalue weighted by atomic mass is 9.30. The maximum absolute atomic E-state index is 19.3. The Kier molecular flexibility index (Phi) is 15.1. The molecule has 0 N–H and O–H groups in total. The van der Waals surface area contributed by atoms with Crippen molar-refractivity contribution in [1.29, 1.82) is 0 Å². The molecule has 32 heteroatoms. The lowest BCUT2D eigenvalue weighted by Gasteiger charge is -2.78. The molecular weight excluding hydrogens is 1050 g/mol. The third-order valence-corrected chi connectivity index (χ3v) is 12.3. The number of halogens is 20. The summed E-state index contributed by atoms with van der Waals surface area (Å²) in [4.78, 5) is 72.6. The molecule has 0 saturated heterocycles. The second-order valence-corrected chi connectivity index (χ2v) is 15.5. The van der Waals surface area contributed by atoms with E-state index in [9.17, 15) is 28.8 Å². The van der Waals surface area contributed by atoms with Crippen molar-refractivity contribution in [2.24, 2.45) is 0 Å². The zero-order valence-electron chi connectivity index (χ0n) is 35.6. The van der Waals surface area contributed by atoms with Crippen LogP contribution in [0, 0.1) is 0 Å². The summed E-state index contributed by atoms with van der Waals surface area (Å²) in [6.07, 6.45) is -15.0. The molecule has 404 valence electrons. The average molecular weight is 1080 g/mol. The molecule has 0 spiro atoms. The zero-order valence-corrected chi connectivity index (χ0v) is 35.6. The monoisotopic (exact) mass is 1080 g/mol. The summed E-state index contributed by atoms with van der Waals surface area (Å²) < 4.78 is 380. The molecule has 0 radical (unpaired) electrons. The highest BCUT2D eigenvalue weighted by atomic mass is 19.4. The molecule has 72 heavy (non-hydrogen) atoms. The second-order valence-electron chi connectivity index (χ2n) is 15.5. The molecular formula is C40H32F20O12. The Morgan fingerprint density at radius 3 is 0.875 bits per heavy atom. The summed E-state index contributed by atoms with van der Waals surface area (Å²) in [6.45, 7) is -8.97. The smallest absolute Gasteiger partial charge is 0.429 e. The lowest BCUT2D eigenvalue weighted by molar-refractivity contribution is -0.555. The third kappa shape index (κ3) is 6.58. The van der Waals surface area contributed by atoms with Gasteiger partial charge in [-0.3, -0.25) is 0 Å². The molecule has 0 aromatic heterocycles. The van der Waals surface area contributed by atoms with E-state index in [1.54, 1.807) is 0 Å². The van der Waals surface area contributed by atoms with Crippen molar-refractivity contribution in [2.45, 2.75) is 92.7 Å². The highest BCUT2D eigenvalue weighted by Crippen LogP contribution is 2.89. The highest BCUT2D eigenvalue weighted by Gasteiger charge is 3.21. The van der Waals surface area contributed by atoms with Crippen LogP contribution < -0.4 is 0 Å². The van der Waals surface area contributed by atoms with E-state index in [-0.39, 0.29) is 6.08 Å². The molecule has 0 bridgehead atoms. The van der Waals surface area contributed by atoms with E-state index in [0.29, 0.717) is 0 Å². The van der Waals surface area contributed by atoms with Gasteiger partial charge in [0, 0.05) is 42.9 Å². The Bertz CT molecular complexity index is 2310. The molecule has 0 heterocycles. The molecule has 11 atom stereocenters. The number of carbonyl (C=O) groups excluding carboxylic acids is 6. The summed E-state index contributed by atoms with van der Waals surface area (Å²) in [6, 6.07) is 0. The van der Waals surface area contributed by atoms with Gasteiger partial charge in [0.25, 0.3) is 34.3 Å². The van der Waals surface area contributed by atoms with Crippen molar-refractivity contribution in [1.82, 2.24) is 0 Å². The largest absolute Gasteiger partial charge is 0.462 e. The number of hydrogen-bond acceptors (Lipinski definition) is 12. The van der Waals surface area contributed by atoms with Crippen LogP contribution >= 0.6 is 0 Å². The van der Waals surface area contributed by atoms with Crippen LogP contribution in [-0.4, -0.2) is 162 Å². The fourth-order valence-corrected chi connectivity index (χ4v) is 8.94. The van der Waals surface area contributed by atoms with Gasteiger partial charge in [-0.05, 0) is 0 Å². The van der Waals surface area contributed by atoms with Crippen molar-refractivity contribution < 1.29 is 145 Å². The van der Waals surface area contributed by atoms with Gasteiger partial charge in [0.1, 0.15) is 33.0 Å². The number of carbonyl (C=O) groups is 6. The van der Waals surface area contributed by atoms with Crippen LogP contribution in [0.5, 0.6) is 0 Å². The predicted octanol–water partition coefficient (Wildman–Crippen LogP) is 7.05. The molecule has 0 aromatic carbocycles. The summed E-state index contributed by atoms with van der Waals surface area (Å²) in [5, 5.41) is 0. The van der Waals surface area contributed by atoms with Gasteiger partial charge in [-0.2, -0.15) is 30.7 Å². The van der Waals surface area contributed by atoms with E-state index in [4.69, 9.17) is 0 Å². The van der Waals surface area contributed by atoms with Crippen LogP contribution in [-0.2, 0) is 57.2 Å². The van der Waals surface area contributed by atoms with Gasteiger partial charge in [-0.15, -0.1) is 0 Å². The van der Waals surface area contributed by atoms with Crippen LogP contribution in [0.4, 0.5) is 87.8 Å². The molecule has 12 nitrogen and oxygen atoms in total. The van der Waals surface area contributed by atoms with E-state index in [0.717, 1.165) is 0 Å². The van der Waals surface area contributed by atoms with Gasteiger partial charge in [-0.1, -0.05) is 39.5 Å². The lowest BCUT2D eigenvalue weighted by Crippen LogP contribution is -3.12. The van der Waals surface area contributed by atoms with Gasteiger partial charge in [0.15, 0.2) is 0 Å². The number of hydrogen-bond donors (Lipinski definition) is 0. The molecule has 0 amide bonds. The molecule has 0 aromatic rings. The Balaban J connectivity index is 3.25. The first kappa shape index (κ1) is 60.2. The van der Waals surface area contributed by atoms with Gasteiger partial charge >= 0.3 is 53.8 Å². The maximum atomic E-state index is 19.3. The van der Waals surface area contributed by atoms with Crippen molar-refractivity contribution in [3.8, 4) is 0 Å². The van der Waals surface area contributed by atoms with Crippen LogP contribution in [0.1, 0.15) is 6.42 Å². The van der Waals surface area contributed by atoms with Crippen LogP contribution in [0.2, 0.25) is 0 Å². The van der Waals surface area contributed by atoms with Crippen LogP contribution in [0.3, 0.4) is 0 Å². The average Bonchev–Trinajstić information content (AvgIpc) is 3.32. The quantitative estimate of drug-likeness (QED) is 0.0531. The molecule has 3 fully saturated rings. The van der Waals surface area contributed by atoms with E-state index < -0.39 is 199 Å². The van der Waals surface area contributed by atoms with Crippen molar-refractivity contribution in [3.05, 3.63) is 75.9 Å². The minimum absolute atomic E-state index is 0.0814. The minimum atomic E-state index is -9.63. The molecule has 11 unspecified atom stereocenters. The fraction of sp³-hybridized carbons (Fsp3) is 0.550. The molecule has 0 aliphatic heterocycles. The normalized spacial score (nSPS) is 38.5. The van der Waals surface area contributed by atoms with Crippen molar-refractivity contribution in [2.75, 3.05) is 39.6 Å². The molecule has 3 rings (SSSR count). The fourth-order valence-electron chi connectivity index (χ4n) is 8.94. The Morgan fingerprint density at radius 2 is 0.597 bits per heavy atom. The first-order valence-corrected chi connectivity index (χ1v) is 19.0. The molecule has 3 saturated carbocycles. The first-order chi connectivity index (χ1) is 32.5. The standard InChI is InChI=1S/C40H32F20O12/c1-7-20(61)67-14-13-31(46,47)32(48)26(41,15-68-21(62)8-2)27(42,16-69-22(63)9-3)33(49)37(53)34(50,39(56,57)30(45,38(33,54)55)19-72-25(66)12-6)28(43,17-70-23(64)10-4)29(44,18-71-24(65)11-5)35(51,36(32,37)52)40(58,59)60/h7-12H,1-6,13-19H2. The predicted molar refractivity (Wildman–Crippen MR) is 195 cm³/mol. The maximum Gasteiger partial charge on any atom is 0.429 e. The van der Waals surface area contributed by atoms with Gasteiger partial charge in [-0.25, -0.2) is 85.8 Å². The highest BCUT2D eigenvalue weighted by molar-refractivity contribution is 5.83. The van der Waals surface area contributed by atoms with Crippen molar-refractivity contribution in [3.63, 3.8) is 0 Å². The van der Waals surface area contributed by atoms with Crippen molar-refractivity contribution >= 4 is 35.8 Å². The van der Waals surface area contributed by atoms with Gasteiger partial charge in [0.05, 0.1) is 6.61 Å². The molecule has 3 aliphatic rings. The van der Waals surface area contributed by atoms with Gasteiger partial charge in [0.2, 0.25) is 34.0 Å². The van der Waals surface area contributed by atoms with Crippen LogP contribution in [0.25, 0.3) is 0 Å². The summed E-state index contributed by atoms with van der Waals surface area (Å²) in [5.74, 6) is -41.1. The van der Waals surface area contributed by atoms with E-state index in [1.807, 2.05) is 0 Å². The van der Waals surface area contributed by atoms with Crippen LogP contribution in [0.15, 0.2) is 75.9 Å². The number of rotatable bonds is 20. The zero-order chi connectivity index (χ0) is 56.4. The third-order valence-electron chi connectivity index (χ3n) is 12.3. The summed E-state index contributed by atoms with van der Waals surface area (Å²) in [5.41, 5.74) is -95.4. The first-order valence-electron chi connectivity index (χ1n) is 19.0. The summed E-state index contributed by atoms with van der Waals surface area (Å²) >= 11 is 0. The summed E-state index contributed by atoms with van der Waals surface area (Å²) in [7, 11) is 0. The number of esters is 6. The van der Waals surface area contributed by atoms with E-state index >= 15 is 87.8 Å². The van der Waals surface area contributed by atoms with Gasteiger partial charge < -0.3 is 28.4 Å². The van der Waals surface area contributed by atoms with E-state index in [2.05, 4.69) is 67.9 Å². The Hall–Kier alpha value is -6.14. The second kappa shape index (κ2) is 18.1. The number of ether oxygens (including phenoxy) is 6. The minimum Gasteiger partial charge on any atom is -0.462 e. The number of alkyl halides is 20. The molecule has 3 aliphatic carbocycles. The van der Waals surface area contributed by atoms with E-state index in [1.165, 1.54) is 0 Å². The Morgan fingerprint density at radius 1 is 0.347 bits per heavy atom. The Labute approximate surface area is 389 Å². The SMILES string of the molecule is C=CC(=O)OCCC(F)(F)C1(F)C(F)(COC(=O)C=C)C(F)(COC(=O)C=C)C2(F)C(F)(F)C(F)(COC(=O)C=C)C(F)(F)C3(F)C(F)(COC(=O)C=C)C(F)(COC(=O)C=C)C(F)(C(F)(F)F)C1(F)C32F.